The van der Waals surface area contributed by atoms with Crippen LogP contribution in [0.3, 0.4) is 0 Å². The normalized spacial score (nSPS) is 11.5. The molecule has 0 fully saturated rings. The van der Waals surface area contributed by atoms with Crippen molar-refractivity contribution in [3.8, 4) is 67.9 Å². The fraction of sp³-hybridized carbons (Fsp3) is 0. The third-order valence-corrected chi connectivity index (χ3v) is 11.8. The van der Waals surface area contributed by atoms with Crippen molar-refractivity contribution in [3.05, 3.63) is 218 Å². The van der Waals surface area contributed by atoms with E-state index in [1.54, 1.807) is 0 Å². The zero-order valence-electron chi connectivity index (χ0n) is 33.5. The first-order chi connectivity index (χ1) is 30.7. The minimum Gasteiger partial charge on any atom is -0.294 e. The Morgan fingerprint density at radius 2 is 0.806 bits per heavy atom. The number of rotatable bonds is 7. The SMILES string of the molecule is c1ccc(-c2cc(-n3c4ccccc4c4cc(-c5ccc6c(c5)c5c(-c7ccccc7)nc(-c7ccccc7)nc5n6-c5ccccc5)ccc43)nc(-c3ccccc3)n2)cc1. The summed E-state index contributed by atoms with van der Waals surface area (Å²) in [5.74, 6) is 2.19. The highest BCUT2D eigenvalue weighted by atomic mass is 15.1. The Morgan fingerprint density at radius 1 is 0.306 bits per heavy atom. The van der Waals surface area contributed by atoms with Gasteiger partial charge in [-0.25, -0.2) is 19.9 Å². The van der Waals surface area contributed by atoms with Crippen LogP contribution in [0.2, 0.25) is 0 Å². The topological polar surface area (TPSA) is 61.4 Å². The van der Waals surface area contributed by atoms with Crippen LogP contribution in [0, 0.1) is 0 Å². The molecule has 6 heteroatoms. The monoisotopic (exact) mass is 792 g/mol. The maximum atomic E-state index is 5.34. The second-order valence-corrected chi connectivity index (χ2v) is 15.5. The van der Waals surface area contributed by atoms with Gasteiger partial charge in [-0.2, -0.15) is 0 Å². The van der Waals surface area contributed by atoms with Crippen LogP contribution in [0.25, 0.3) is 112 Å². The molecule has 0 N–H and O–H groups in total. The Bertz CT molecular complexity index is 3540. The van der Waals surface area contributed by atoms with Gasteiger partial charge in [-0.1, -0.05) is 170 Å². The van der Waals surface area contributed by atoms with Crippen LogP contribution in [-0.4, -0.2) is 29.1 Å². The predicted molar refractivity (Wildman–Crippen MR) is 253 cm³/mol. The summed E-state index contributed by atoms with van der Waals surface area (Å²) >= 11 is 0. The van der Waals surface area contributed by atoms with Crippen molar-refractivity contribution >= 4 is 43.7 Å². The molecular formula is C56H36N6. The lowest BCUT2D eigenvalue weighted by Gasteiger charge is -2.12. The lowest BCUT2D eigenvalue weighted by molar-refractivity contribution is 1.05. The van der Waals surface area contributed by atoms with Gasteiger partial charge in [0.15, 0.2) is 11.6 Å². The molecule has 0 unspecified atom stereocenters. The molecule has 12 aromatic rings. The minimum atomic E-state index is 0.683. The van der Waals surface area contributed by atoms with Crippen LogP contribution >= 0.6 is 0 Å². The number of aromatic nitrogens is 6. The summed E-state index contributed by atoms with van der Waals surface area (Å²) in [6.45, 7) is 0. The highest BCUT2D eigenvalue weighted by Gasteiger charge is 2.22. The Balaban J connectivity index is 1.08. The van der Waals surface area contributed by atoms with Crippen molar-refractivity contribution in [1.82, 2.24) is 29.1 Å². The van der Waals surface area contributed by atoms with Gasteiger partial charge >= 0.3 is 0 Å². The largest absolute Gasteiger partial charge is 0.294 e. The average Bonchev–Trinajstić information content (AvgIpc) is 3.87. The third kappa shape index (κ3) is 5.96. The van der Waals surface area contributed by atoms with E-state index in [1.165, 1.54) is 0 Å². The number of fused-ring (bicyclic) bond motifs is 6. The van der Waals surface area contributed by atoms with Gasteiger partial charge in [0.1, 0.15) is 11.5 Å². The summed E-state index contributed by atoms with van der Waals surface area (Å²) in [5.41, 5.74) is 13.1. The smallest absolute Gasteiger partial charge is 0.162 e. The molecule has 0 saturated heterocycles. The fourth-order valence-corrected chi connectivity index (χ4v) is 8.86. The zero-order valence-corrected chi connectivity index (χ0v) is 33.5. The Kier molecular flexibility index (Phi) is 8.38. The van der Waals surface area contributed by atoms with E-state index in [9.17, 15) is 0 Å². The molecule has 0 spiro atoms. The number of hydrogen-bond acceptors (Lipinski definition) is 4. The first kappa shape index (κ1) is 35.5. The molecule has 4 heterocycles. The molecular weight excluding hydrogens is 757 g/mol. The van der Waals surface area contributed by atoms with E-state index in [-0.39, 0.29) is 0 Å². The van der Waals surface area contributed by atoms with Crippen LogP contribution in [0.4, 0.5) is 0 Å². The van der Waals surface area contributed by atoms with Gasteiger partial charge in [-0.05, 0) is 53.6 Å². The van der Waals surface area contributed by atoms with E-state index in [0.717, 1.165) is 100 Å². The molecule has 0 aliphatic carbocycles. The third-order valence-electron chi connectivity index (χ3n) is 11.8. The van der Waals surface area contributed by atoms with Gasteiger partial charge in [-0.15, -0.1) is 0 Å². The van der Waals surface area contributed by atoms with Gasteiger partial charge < -0.3 is 0 Å². The van der Waals surface area contributed by atoms with Gasteiger partial charge in [0.25, 0.3) is 0 Å². The van der Waals surface area contributed by atoms with Crippen molar-refractivity contribution in [2.45, 2.75) is 0 Å². The summed E-state index contributed by atoms with van der Waals surface area (Å²) in [4.78, 5) is 21.0. The molecule has 0 aliphatic rings. The maximum absolute atomic E-state index is 5.34. The van der Waals surface area contributed by atoms with Crippen LogP contribution in [0.15, 0.2) is 218 Å². The quantitative estimate of drug-likeness (QED) is 0.161. The molecule has 0 radical (unpaired) electrons. The molecule has 0 saturated carbocycles. The van der Waals surface area contributed by atoms with Crippen molar-refractivity contribution in [2.24, 2.45) is 0 Å². The van der Waals surface area contributed by atoms with Crippen molar-refractivity contribution in [3.63, 3.8) is 0 Å². The number of hydrogen-bond donors (Lipinski definition) is 0. The van der Waals surface area contributed by atoms with Gasteiger partial charge in [0.2, 0.25) is 0 Å². The molecule has 6 nitrogen and oxygen atoms in total. The molecule has 8 aromatic carbocycles. The number of benzene rings is 8. The summed E-state index contributed by atoms with van der Waals surface area (Å²) < 4.78 is 4.56. The standard InChI is InChI=1S/C56H36N6/c1-6-18-37(19-7-1)47-36-51(58-54(57-47)39-22-10-3-11-23-39)62-48-29-17-16-28-44(48)45-34-41(30-32-49(45)62)42-31-33-50-46(35-42)52-53(38-20-8-2-9-21-38)59-55(40-24-12-4-13-25-40)60-56(52)61(50)43-26-14-5-15-27-43/h1-36H. The molecule has 0 amide bonds. The summed E-state index contributed by atoms with van der Waals surface area (Å²) in [7, 11) is 0. The van der Waals surface area contributed by atoms with Crippen molar-refractivity contribution in [1.29, 1.82) is 0 Å². The van der Waals surface area contributed by atoms with Crippen LogP contribution < -0.4 is 0 Å². The molecule has 0 aliphatic heterocycles. The van der Waals surface area contributed by atoms with Gasteiger partial charge in [0.05, 0.1) is 33.3 Å². The summed E-state index contributed by atoms with van der Waals surface area (Å²) in [6.07, 6.45) is 0. The van der Waals surface area contributed by atoms with Crippen LogP contribution in [0.5, 0.6) is 0 Å². The summed E-state index contributed by atoms with van der Waals surface area (Å²) in [5, 5.41) is 4.40. The molecule has 4 aromatic heterocycles. The molecule has 12 rings (SSSR count). The van der Waals surface area contributed by atoms with E-state index >= 15 is 0 Å². The molecule has 0 bridgehead atoms. The Hall–Kier alpha value is -8.48. The summed E-state index contributed by atoms with van der Waals surface area (Å²) in [6, 6.07) is 76.1. The van der Waals surface area contributed by atoms with E-state index < -0.39 is 0 Å². The van der Waals surface area contributed by atoms with Crippen LogP contribution in [0.1, 0.15) is 0 Å². The average molecular weight is 793 g/mol. The fourth-order valence-electron chi connectivity index (χ4n) is 8.86. The Labute approximate surface area is 357 Å². The van der Waals surface area contributed by atoms with E-state index in [0.29, 0.717) is 11.6 Å². The first-order valence-corrected chi connectivity index (χ1v) is 20.8. The highest BCUT2D eigenvalue weighted by Crippen LogP contribution is 2.41. The van der Waals surface area contributed by atoms with Crippen LogP contribution in [-0.2, 0) is 0 Å². The van der Waals surface area contributed by atoms with Crippen molar-refractivity contribution < 1.29 is 0 Å². The van der Waals surface area contributed by atoms with Gasteiger partial charge in [0, 0.05) is 50.2 Å². The maximum Gasteiger partial charge on any atom is 0.162 e. The van der Waals surface area contributed by atoms with E-state index in [4.69, 9.17) is 19.9 Å². The Morgan fingerprint density at radius 3 is 1.45 bits per heavy atom. The molecule has 290 valence electrons. The van der Waals surface area contributed by atoms with Crippen molar-refractivity contribution in [2.75, 3.05) is 0 Å². The second-order valence-electron chi connectivity index (χ2n) is 15.5. The highest BCUT2D eigenvalue weighted by molar-refractivity contribution is 6.15. The second kappa shape index (κ2) is 14.7. The number of para-hydroxylation sites is 2. The first-order valence-electron chi connectivity index (χ1n) is 20.8. The van der Waals surface area contributed by atoms with E-state index in [1.807, 2.05) is 48.5 Å². The molecule has 62 heavy (non-hydrogen) atoms. The zero-order chi connectivity index (χ0) is 41.0. The minimum absolute atomic E-state index is 0.683. The lowest BCUT2D eigenvalue weighted by atomic mass is 9.99. The van der Waals surface area contributed by atoms with E-state index in [2.05, 4.69) is 179 Å². The lowest BCUT2D eigenvalue weighted by Crippen LogP contribution is -2.02. The molecule has 0 atom stereocenters. The predicted octanol–water partition coefficient (Wildman–Crippen LogP) is 13.8. The number of nitrogens with zero attached hydrogens (tertiary/aromatic N) is 6. The van der Waals surface area contributed by atoms with Gasteiger partial charge in [-0.3, -0.25) is 9.13 Å².